The molecule has 0 radical (unpaired) electrons. The molecule has 0 spiro atoms. The van der Waals surface area contributed by atoms with Gasteiger partial charge in [0.05, 0.1) is 4.90 Å². The van der Waals surface area contributed by atoms with Crippen LogP contribution in [0.3, 0.4) is 0 Å². The van der Waals surface area contributed by atoms with Gasteiger partial charge < -0.3 is 5.11 Å². The van der Waals surface area contributed by atoms with Crippen LogP contribution in [0.5, 0.6) is 0 Å². The third-order valence-corrected chi connectivity index (χ3v) is 4.23. The van der Waals surface area contributed by atoms with Gasteiger partial charge in [-0.25, -0.2) is 8.42 Å². The maximum atomic E-state index is 12.2. The van der Waals surface area contributed by atoms with Gasteiger partial charge in [-0.2, -0.15) is 0 Å². The predicted octanol–water partition coefficient (Wildman–Crippen LogP) is 2.14. The van der Waals surface area contributed by atoms with E-state index in [-0.39, 0.29) is 11.5 Å². The smallest absolute Gasteiger partial charge is 0.261 e. The normalized spacial score (nSPS) is 10.6. The Labute approximate surface area is 124 Å². The Morgan fingerprint density at radius 3 is 2.48 bits per heavy atom. The van der Waals surface area contributed by atoms with Crippen LogP contribution in [-0.2, 0) is 10.0 Å². The lowest BCUT2D eigenvalue weighted by Crippen LogP contribution is -2.12. The van der Waals surface area contributed by atoms with Crippen LogP contribution in [0.4, 0.5) is 5.69 Å². The zero-order valence-electron chi connectivity index (χ0n) is 11.5. The van der Waals surface area contributed by atoms with Crippen LogP contribution in [0.15, 0.2) is 53.4 Å². The average Bonchev–Trinajstić information content (AvgIpc) is 2.47. The second-order valence-corrected chi connectivity index (χ2v) is 6.09. The Bertz CT molecular complexity index is 787. The van der Waals surface area contributed by atoms with E-state index in [9.17, 15) is 8.42 Å². The number of aliphatic hydroxyl groups is 1. The molecule has 0 aliphatic rings. The monoisotopic (exact) mass is 301 g/mol. The highest BCUT2D eigenvalue weighted by Gasteiger charge is 2.13. The summed E-state index contributed by atoms with van der Waals surface area (Å²) in [6.45, 7) is 1.63. The zero-order valence-corrected chi connectivity index (χ0v) is 12.3. The summed E-state index contributed by atoms with van der Waals surface area (Å²) in [5.74, 6) is 5.37. The van der Waals surface area contributed by atoms with Crippen LogP contribution in [-0.4, -0.2) is 20.1 Å². The molecule has 0 unspecified atom stereocenters. The molecule has 0 saturated heterocycles. The lowest BCUT2D eigenvalue weighted by atomic mass is 10.1. The van der Waals surface area contributed by atoms with Crippen molar-refractivity contribution in [2.24, 2.45) is 0 Å². The molecule has 0 fully saturated rings. The van der Waals surface area contributed by atoms with Crippen LogP contribution in [0.1, 0.15) is 11.1 Å². The molecule has 21 heavy (non-hydrogen) atoms. The molecule has 2 aromatic rings. The fourth-order valence-electron chi connectivity index (χ4n) is 1.82. The van der Waals surface area contributed by atoms with Crippen LogP contribution in [0.2, 0.25) is 0 Å². The number of nitrogens with one attached hydrogen (secondary N) is 1. The summed E-state index contributed by atoms with van der Waals surface area (Å²) >= 11 is 0. The number of anilines is 1. The van der Waals surface area contributed by atoms with E-state index in [0.717, 1.165) is 11.1 Å². The van der Waals surface area contributed by atoms with Gasteiger partial charge in [0.15, 0.2) is 0 Å². The van der Waals surface area contributed by atoms with E-state index in [1.165, 1.54) is 12.1 Å². The Morgan fingerprint density at radius 2 is 1.86 bits per heavy atom. The van der Waals surface area contributed by atoms with E-state index in [1.54, 1.807) is 36.4 Å². The SMILES string of the molecule is Cc1cc(NS(=O)(=O)c2ccccc2)ccc1C#CCO. The molecular formula is C16H15NO3S. The van der Waals surface area contributed by atoms with Gasteiger partial charge in [0.1, 0.15) is 6.61 Å². The Hall–Kier alpha value is -2.29. The topological polar surface area (TPSA) is 66.4 Å². The quantitative estimate of drug-likeness (QED) is 0.854. The first-order valence-corrected chi connectivity index (χ1v) is 7.79. The van der Waals surface area contributed by atoms with E-state index < -0.39 is 10.0 Å². The van der Waals surface area contributed by atoms with Crippen molar-refractivity contribution in [1.82, 2.24) is 0 Å². The summed E-state index contributed by atoms with van der Waals surface area (Å²) in [6.07, 6.45) is 0. The van der Waals surface area contributed by atoms with Gasteiger partial charge in [0.25, 0.3) is 10.0 Å². The highest BCUT2D eigenvalue weighted by Crippen LogP contribution is 2.18. The van der Waals surface area contributed by atoms with Gasteiger partial charge in [-0.05, 0) is 42.8 Å². The first-order valence-electron chi connectivity index (χ1n) is 6.31. The molecule has 4 nitrogen and oxygen atoms in total. The van der Waals surface area contributed by atoms with Gasteiger partial charge in [-0.15, -0.1) is 0 Å². The van der Waals surface area contributed by atoms with E-state index >= 15 is 0 Å². The Kier molecular flexibility index (Phi) is 4.63. The standard InChI is InChI=1S/C16H15NO3S/c1-13-12-15(10-9-14(13)6-5-11-18)17-21(19,20)16-7-3-2-4-8-16/h2-4,7-10,12,17-18H,11H2,1H3. The fourth-order valence-corrected chi connectivity index (χ4v) is 2.89. The van der Waals surface area contributed by atoms with Crippen LogP contribution in [0.25, 0.3) is 0 Å². The zero-order chi connectivity index (χ0) is 15.3. The first-order chi connectivity index (χ1) is 10.0. The highest BCUT2D eigenvalue weighted by molar-refractivity contribution is 7.92. The second-order valence-electron chi connectivity index (χ2n) is 4.41. The van der Waals surface area contributed by atoms with Crippen molar-refractivity contribution in [3.63, 3.8) is 0 Å². The largest absolute Gasteiger partial charge is 0.384 e. The molecule has 108 valence electrons. The number of aryl methyl sites for hydroxylation is 1. The van der Waals surface area contributed by atoms with E-state index in [4.69, 9.17) is 5.11 Å². The van der Waals surface area contributed by atoms with E-state index in [0.29, 0.717) is 5.69 Å². The van der Waals surface area contributed by atoms with E-state index in [1.807, 2.05) is 6.92 Å². The van der Waals surface area contributed by atoms with Gasteiger partial charge >= 0.3 is 0 Å². The molecule has 5 heteroatoms. The molecule has 2 aromatic carbocycles. The minimum absolute atomic E-state index is 0.207. The number of rotatable bonds is 3. The molecule has 0 heterocycles. The van der Waals surface area contributed by atoms with Crippen LogP contribution >= 0.6 is 0 Å². The minimum Gasteiger partial charge on any atom is -0.384 e. The summed E-state index contributed by atoms with van der Waals surface area (Å²) in [5.41, 5.74) is 2.07. The molecule has 0 saturated carbocycles. The molecule has 0 bridgehead atoms. The summed E-state index contributed by atoms with van der Waals surface area (Å²) in [4.78, 5) is 0.215. The summed E-state index contributed by atoms with van der Waals surface area (Å²) in [5, 5.41) is 8.69. The van der Waals surface area contributed by atoms with Gasteiger partial charge in [0, 0.05) is 11.3 Å². The highest BCUT2D eigenvalue weighted by atomic mass is 32.2. The third-order valence-electron chi connectivity index (χ3n) is 2.83. The number of sulfonamides is 1. The van der Waals surface area contributed by atoms with Crippen molar-refractivity contribution in [1.29, 1.82) is 0 Å². The number of benzene rings is 2. The maximum absolute atomic E-state index is 12.2. The molecule has 0 aliphatic heterocycles. The fraction of sp³-hybridized carbons (Fsp3) is 0.125. The van der Waals surface area contributed by atoms with Gasteiger partial charge in [-0.3, -0.25) is 4.72 Å². The van der Waals surface area contributed by atoms with Crippen LogP contribution < -0.4 is 4.72 Å². The summed E-state index contributed by atoms with van der Waals surface area (Å²) in [6, 6.07) is 13.3. The van der Waals surface area contributed by atoms with Gasteiger partial charge in [-0.1, -0.05) is 30.0 Å². The molecule has 0 aromatic heterocycles. The molecule has 2 rings (SSSR count). The van der Waals surface area contributed by atoms with Crippen molar-refractivity contribution < 1.29 is 13.5 Å². The first kappa shape index (κ1) is 15.1. The molecular weight excluding hydrogens is 286 g/mol. The Balaban J connectivity index is 2.27. The summed E-state index contributed by atoms with van der Waals surface area (Å²) in [7, 11) is -3.59. The average molecular weight is 301 g/mol. The summed E-state index contributed by atoms with van der Waals surface area (Å²) < 4.78 is 26.9. The third kappa shape index (κ3) is 3.85. The van der Waals surface area contributed by atoms with Crippen molar-refractivity contribution >= 4 is 15.7 Å². The molecule has 2 N–H and O–H groups in total. The van der Waals surface area contributed by atoms with Gasteiger partial charge in [0.2, 0.25) is 0 Å². The Morgan fingerprint density at radius 1 is 1.14 bits per heavy atom. The lowest BCUT2D eigenvalue weighted by molar-refractivity contribution is 0.350. The lowest BCUT2D eigenvalue weighted by Gasteiger charge is -2.09. The van der Waals surface area contributed by atoms with E-state index in [2.05, 4.69) is 16.6 Å². The van der Waals surface area contributed by atoms with Crippen molar-refractivity contribution in [3.8, 4) is 11.8 Å². The molecule has 0 amide bonds. The minimum atomic E-state index is -3.59. The molecule has 0 aliphatic carbocycles. The van der Waals surface area contributed by atoms with Crippen LogP contribution in [0, 0.1) is 18.8 Å². The van der Waals surface area contributed by atoms with Crippen molar-refractivity contribution in [2.75, 3.05) is 11.3 Å². The van der Waals surface area contributed by atoms with Crippen molar-refractivity contribution in [3.05, 3.63) is 59.7 Å². The predicted molar refractivity (Wildman–Crippen MR) is 82.4 cm³/mol. The number of aliphatic hydroxyl groups excluding tert-OH is 1. The number of hydrogen-bond donors (Lipinski definition) is 2. The number of hydrogen-bond acceptors (Lipinski definition) is 3. The second kappa shape index (κ2) is 6.44. The van der Waals surface area contributed by atoms with Crippen molar-refractivity contribution in [2.45, 2.75) is 11.8 Å². The molecule has 0 atom stereocenters. The maximum Gasteiger partial charge on any atom is 0.261 e.